The molecule has 0 aromatic heterocycles. The molecule has 3 rings (SSSR count). The number of carbonyl (C=O) groups is 1. The van der Waals surface area contributed by atoms with Crippen molar-refractivity contribution >= 4 is 26.0 Å². The largest absolute Gasteiger partial charge is 0.497 e. The number of rotatable bonds is 8. The highest BCUT2D eigenvalue weighted by Crippen LogP contribution is 2.25. The average molecular weight is 496 g/mol. The SMILES string of the molecule is COc1ccc(S(=O)(=O)N2CCC[C@@H](C(=O)NCc3ccc(S(=O)(=O)N(C)C)cc3)C2)cc1. The van der Waals surface area contributed by atoms with Crippen LogP contribution in [0.5, 0.6) is 5.75 Å². The maximum absolute atomic E-state index is 13.0. The topological polar surface area (TPSA) is 113 Å². The summed E-state index contributed by atoms with van der Waals surface area (Å²) in [7, 11) is -2.78. The summed E-state index contributed by atoms with van der Waals surface area (Å²) in [6, 6.07) is 12.5. The molecule has 9 nitrogen and oxygen atoms in total. The molecule has 0 aliphatic carbocycles. The van der Waals surface area contributed by atoms with Crippen LogP contribution in [0.25, 0.3) is 0 Å². The van der Waals surface area contributed by atoms with Crippen molar-refractivity contribution in [1.82, 2.24) is 13.9 Å². The fourth-order valence-corrected chi connectivity index (χ4v) is 6.02. The van der Waals surface area contributed by atoms with E-state index >= 15 is 0 Å². The van der Waals surface area contributed by atoms with E-state index in [4.69, 9.17) is 4.74 Å². The third-order valence-electron chi connectivity index (χ3n) is 5.62. The second-order valence-corrected chi connectivity index (χ2v) is 12.1. The molecule has 0 saturated carbocycles. The van der Waals surface area contributed by atoms with E-state index in [0.717, 1.165) is 9.87 Å². The summed E-state index contributed by atoms with van der Waals surface area (Å²) in [4.78, 5) is 13.1. The Balaban J connectivity index is 1.61. The van der Waals surface area contributed by atoms with Crippen molar-refractivity contribution in [2.45, 2.75) is 29.2 Å². The number of nitrogens with one attached hydrogen (secondary N) is 1. The van der Waals surface area contributed by atoms with Crippen molar-refractivity contribution in [3.8, 4) is 5.75 Å². The van der Waals surface area contributed by atoms with E-state index in [9.17, 15) is 21.6 Å². The lowest BCUT2D eigenvalue weighted by Gasteiger charge is -2.31. The first-order valence-electron chi connectivity index (χ1n) is 10.5. The van der Waals surface area contributed by atoms with Crippen molar-refractivity contribution in [3.63, 3.8) is 0 Å². The van der Waals surface area contributed by atoms with Crippen LogP contribution in [0, 0.1) is 5.92 Å². The molecule has 2 aromatic rings. The summed E-state index contributed by atoms with van der Waals surface area (Å²) in [5, 5.41) is 2.84. The molecule has 1 fully saturated rings. The number of piperidine rings is 1. The summed E-state index contributed by atoms with van der Waals surface area (Å²) >= 11 is 0. The lowest BCUT2D eigenvalue weighted by Crippen LogP contribution is -2.45. The summed E-state index contributed by atoms with van der Waals surface area (Å²) < 4.78 is 57.9. The van der Waals surface area contributed by atoms with Crippen LogP contribution >= 0.6 is 0 Å². The Morgan fingerprint density at radius 1 is 1.03 bits per heavy atom. The van der Waals surface area contributed by atoms with Gasteiger partial charge in [-0.05, 0) is 54.8 Å². The van der Waals surface area contributed by atoms with Crippen molar-refractivity contribution in [2.75, 3.05) is 34.3 Å². The highest BCUT2D eigenvalue weighted by atomic mass is 32.2. The molecule has 1 N–H and O–H groups in total. The first-order valence-corrected chi connectivity index (χ1v) is 13.4. The molecule has 1 saturated heterocycles. The minimum Gasteiger partial charge on any atom is -0.497 e. The number of sulfonamides is 2. The first kappa shape index (κ1) is 25.2. The van der Waals surface area contributed by atoms with Gasteiger partial charge in [0.15, 0.2) is 0 Å². The Kier molecular flexibility index (Phi) is 7.78. The van der Waals surface area contributed by atoms with Crippen molar-refractivity contribution in [1.29, 1.82) is 0 Å². The van der Waals surface area contributed by atoms with Gasteiger partial charge in [0, 0.05) is 33.7 Å². The smallest absolute Gasteiger partial charge is 0.243 e. The number of hydrogen-bond acceptors (Lipinski definition) is 6. The minimum atomic E-state index is -3.71. The van der Waals surface area contributed by atoms with Gasteiger partial charge in [0.2, 0.25) is 26.0 Å². The van der Waals surface area contributed by atoms with Crippen LogP contribution in [0.1, 0.15) is 18.4 Å². The molecular weight excluding hydrogens is 466 g/mol. The third kappa shape index (κ3) is 5.72. The molecule has 1 atom stereocenters. The number of benzene rings is 2. The summed E-state index contributed by atoms with van der Waals surface area (Å²) in [5.41, 5.74) is 0.750. The van der Waals surface area contributed by atoms with Crippen LogP contribution < -0.4 is 10.1 Å². The normalized spacial score (nSPS) is 17.6. The molecule has 0 bridgehead atoms. The number of hydrogen-bond donors (Lipinski definition) is 1. The lowest BCUT2D eigenvalue weighted by atomic mass is 9.99. The first-order chi connectivity index (χ1) is 15.6. The van der Waals surface area contributed by atoms with Gasteiger partial charge in [-0.15, -0.1) is 0 Å². The van der Waals surface area contributed by atoms with E-state index in [0.29, 0.717) is 25.1 Å². The molecule has 0 spiro atoms. The number of carbonyl (C=O) groups excluding carboxylic acids is 1. The van der Waals surface area contributed by atoms with Gasteiger partial charge in [-0.25, -0.2) is 21.1 Å². The molecular formula is C22H29N3O6S2. The highest BCUT2D eigenvalue weighted by Gasteiger charge is 2.33. The Hall–Kier alpha value is -2.47. The van der Waals surface area contributed by atoms with Crippen molar-refractivity contribution in [2.24, 2.45) is 5.92 Å². The molecule has 180 valence electrons. The number of ether oxygens (including phenoxy) is 1. The molecule has 2 aromatic carbocycles. The lowest BCUT2D eigenvalue weighted by molar-refractivity contribution is -0.126. The average Bonchev–Trinajstić information content (AvgIpc) is 2.82. The standard InChI is InChI=1S/C22H29N3O6S2/c1-24(2)32(27,28)20-10-6-17(7-11-20)15-23-22(26)18-5-4-14-25(16-18)33(29,30)21-12-8-19(31-3)9-13-21/h6-13,18H,4-5,14-16H2,1-3H3,(H,23,26)/t18-/m1/s1. The van der Waals surface area contributed by atoms with E-state index in [1.807, 2.05) is 0 Å². The second-order valence-electron chi connectivity index (χ2n) is 8.03. The second kappa shape index (κ2) is 10.2. The molecule has 0 unspecified atom stereocenters. The van der Waals surface area contributed by atoms with Gasteiger partial charge in [-0.1, -0.05) is 12.1 Å². The van der Waals surface area contributed by atoms with E-state index < -0.39 is 26.0 Å². The monoisotopic (exact) mass is 495 g/mol. The summed E-state index contributed by atoms with van der Waals surface area (Å²) in [6.45, 7) is 0.697. The number of methoxy groups -OCH3 is 1. The summed E-state index contributed by atoms with van der Waals surface area (Å²) in [5.74, 6) is -0.119. The molecule has 1 aliphatic heterocycles. The van der Waals surface area contributed by atoms with Crippen LogP contribution in [0.3, 0.4) is 0 Å². The predicted molar refractivity (Wildman–Crippen MR) is 124 cm³/mol. The van der Waals surface area contributed by atoms with E-state index in [1.165, 1.54) is 49.8 Å². The zero-order valence-electron chi connectivity index (χ0n) is 18.9. The molecule has 11 heteroatoms. The van der Waals surface area contributed by atoms with E-state index in [-0.39, 0.29) is 28.8 Å². The maximum atomic E-state index is 13.0. The quantitative estimate of drug-likeness (QED) is 0.596. The third-order valence-corrected chi connectivity index (χ3v) is 9.33. The van der Waals surface area contributed by atoms with Crippen LogP contribution in [0.4, 0.5) is 0 Å². The van der Waals surface area contributed by atoms with Crippen LogP contribution in [0.15, 0.2) is 58.3 Å². The Morgan fingerprint density at radius 3 is 2.21 bits per heavy atom. The van der Waals surface area contributed by atoms with Gasteiger partial charge >= 0.3 is 0 Å². The fourth-order valence-electron chi connectivity index (χ4n) is 3.60. The Bertz CT molecular complexity index is 1180. The van der Waals surface area contributed by atoms with Crippen LogP contribution in [-0.4, -0.2) is 65.6 Å². The maximum Gasteiger partial charge on any atom is 0.243 e. The van der Waals surface area contributed by atoms with Gasteiger partial charge in [-0.2, -0.15) is 4.31 Å². The highest BCUT2D eigenvalue weighted by molar-refractivity contribution is 7.89. The molecule has 1 amide bonds. The molecule has 1 heterocycles. The van der Waals surface area contributed by atoms with Gasteiger partial charge in [0.1, 0.15) is 5.75 Å². The van der Waals surface area contributed by atoms with Crippen molar-refractivity contribution in [3.05, 3.63) is 54.1 Å². The Labute approximate surface area is 195 Å². The predicted octanol–water partition coefficient (Wildman–Crippen LogP) is 1.66. The van der Waals surface area contributed by atoms with E-state index in [2.05, 4.69) is 5.32 Å². The molecule has 0 radical (unpaired) electrons. The van der Waals surface area contributed by atoms with Crippen molar-refractivity contribution < 1.29 is 26.4 Å². The minimum absolute atomic E-state index is 0.111. The Morgan fingerprint density at radius 2 is 1.64 bits per heavy atom. The molecule has 33 heavy (non-hydrogen) atoms. The van der Waals surface area contributed by atoms with Gasteiger partial charge in [-0.3, -0.25) is 4.79 Å². The number of nitrogens with zero attached hydrogens (tertiary/aromatic N) is 2. The van der Waals surface area contributed by atoms with Gasteiger partial charge in [0.05, 0.1) is 22.8 Å². The fraction of sp³-hybridized carbons (Fsp3) is 0.409. The van der Waals surface area contributed by atoms with Crippen LogP contribution in [0.2, 0.25) is 0 Å². The number of amides is 1. The summed E-state index contributed by atoms with van der Waals surface area (Å²) in [6.07, 6.45) is 1.19. The molecule has 1 aliphatic rings. The zero-order valence-corrected chi connectivity index (χ0v) is 20.5. The van der Waals surface area contributed by atoms with E-state index in [1.54, 1.807) is 24.3 Å². The van der Waals surface area contributed by atoms with Gasteiger partial charge in [0.25, 0.3) is 0 Å². The zero-order chi connectivity index (χ0) is 24.2. The van der Waals surface area contributed by atoms with Crippen LogP contribution in [-0.2, 0) is 31.4 Å². The van der Waals surface area contributed by atoms with Gasteiger partial charge < -0.3 is 10.1 Å².